The zero-order valence-electron chi connectivity index (χ0n) is 14.4. The van der Waals surface area contributed by atoms with Crippen molar-refractivity contribution in [3.63, 3.8) is 0 Å². The number of carboxylic acids is 1. The predicted molar refractivity (Wildman–Crippen MR) is 96.3 cm³/mol. The summed E-state index contributed by atoms with van der Waals surface area (Å²) in [6.45, 7) is 3.70. The van der Waals surface area contributed by atoms with Crippen LogP contribution in [-0.2, 0) is 4.79 Å². The Balaban J connectivity index is 1.92. The summed E-state index contributed by atoms with van der Waals surface area (Å²) < 4.78 is 10.3. The molecular formula is C17H18N2O6S. The van der Waals surface area contributed by atoms with Gasteiger partial charge in [0, 0.05) is 4.75 Å². The summed E-state index contributed by atoms with van der Waals surface area (Å²) in [5, 5.41) is 23.4. The van der Waals surface area contributed by atoms with Gasteiger partial charge in [-0.3, -0.25) is 20.2 Å². The number of benzene rings is 1. The van der Waals surface area contributed by atoms with Crippen molar-refractivity contribution in [2.75, 3.05) is 7.11 Å². The highest BCUT2D eigenvalue weighted by Crippen LogP contribution is 2.47. The zero-order valence-corrected chi connectivity index (χ0v) is 15.2. The lowest BCUT2D eigenvalue weighted by Gasteiger charge is -2.20. The first-order chi connectivity index (χ1) is 12.2. The largest absolute Gasteiger partial charge is 0.497 e. The maximum absolute atomic E-state index is 11.4. The molecule has 8 nitrogen and oxygen atoms in total. The summed E-state index contributed by atoms with van der Waals surface area (Å²) in [5.41, 5.74) is 0.208. The molecule has 2 N–H and O–H groups in total. The number of furan rings is 1. The summed E-state index contributed by atoms with van der Waals surface area (Å²) >= 11 is 1.44. The topological polar surface area (TPSA) is 115 Å². The van der Waals surface area contributed by atoms with Crippen LogP contribution in [0.4, 0.5) is 5.69 Å². The molecule has 0 saturated carbocycles. The van der Waals surface area contributed by atoms with Crippen LogP contribution < -0.4 is 10.1 Å². The van der Waals surface area contributed by atoms with Crippen LogP contribution in [0.3, 0.4) is 0 Å². The summed E-state index contributed by atoms with van der Waals surface area (Å²) in [5.74, 6) is 0.314. The first-order valence-corrected chi connectivity index (χ1v) is 8.70. The van der Waals surface area contributed by atoms with Gasteiger partial charge in [-0.15, -0.1) is 11.8 Å². The van der Waals surface area contributed by atoms with Crippen molar-refractivity contribution in [2.24, 2.45) is 0 Å². The third kappa shape index (κ3) is 3.27. The van der Waals surface area contributed by atoms with Crippen LogP contribution in [0.2, 0.25) is 0 Å². The Hall–Kier alpha value is -2.52. The van der Waals surface area contributed by atoms with Gasteiger partial charge < -0.3 is 14.3 Å². The third-order valence-electron chi connectivity index (χ3n) is 4.23. The van der Waals surface area contributed by atoms with Gasteiger partial charge in [-0.05, 0) is 38.1 Å². The highest BCUT2D eigenvalue weighted by atomic mass is 32.2. The molecule has 0 spiro atoms. The lowest BCUT2D eigenvalue weighted by atomic mass is 10.0. The molecule has 1 fully saturated rings. The van der Waals surface area contributed by atoms with E-state index in [2.05, 4.69) is 5.32 Å². The first-order valence-electron chi connectivity index (χ1n) is 7.82. The lowest BCUT2D eigenvalue weighted by molar-refractivity contribution is -0.384. The molecule has 26 heavy (non-hydrogen) atoms. The molecule has 9 heteroatoms. The zero-order chi connectivity index (χ0) is 19.1. The molecule has 2 unspecified atom stereocenters. The number of thioether (sulfide) groups is 1. The van der Waals surface area contributed by atoms with Crippen molar-refractivity contribution in [1.82, 2.24) is 5.32 Å². The molecule has 138 valence electrons. The van der Waals surface area contributed by atoms with Gasteiger partial charge in [-0.25, -0.2) is 0 Å². The predicted octanol–water partition coefficient (Wildman–Crippen LogP) is 3.43. The molecule has 2 heterocycles. The normalized spacial score (nSPS) is 21.5. The minimum atomic E-state index is -0.928. The van der Waals surface area contributed by atoms with E-state index in [-0.39, 0.29) is 11.1 Å². The van der Waals surface area contributed by atoms with E-state index in [0.717, 1.165) is 0 Å². The average Bonchev–Trinajstić information content (AvgIpc) is 3.18. The van der Waals surface area contributed by atoms with Gasteiger partial charge in [0.15, 0.2) is 0 Å². The van der Waals surface area contributed by atoms with Crippen LogP contribution in [0.1, 0.15) is 25.0 Å². The van der Waals surface area contributed by atoms with Crippen molar-refractivity contribution >= 4 is 23.4 Å². The number of carbonyl (C=O) groups is 1. The van der Waals surface area contributed by atoms with Crippen molar-refractivity contribution < 1.29 is 24.0 Å². The van der Waals surface area contributed by atoms with E-state index in [1.807, 2.05) is 13.8 Å². The van der Waals surface area contributed by atoms with Crippen LogP contribution >= 0.6 is 11.8 Å². The van der Waals surface area contributed by atoms with Crippen molar-refractivity contribution in [1.29, 1.82) is 0 Å². The number of hydrogen-bond acceptors (Lipinski definition) is 7. The van der Waals surface area contributed by atoms with Crippen molar-refractivity contribution in [2.45, 2.75) is 30.0 Å². The number of nitro benzene ring substituents is 1. The fourth-order valence-electron chi connectivity index (χ4n) is 2.90. The molecule has 1 saturated heterocycles. The molecule has 2 atom stereocenters. The maximum atomic E-state index is 11.4. The van der Waals surface area contributed by atoms with E-state index in [4.69, 9.17) is 9.15 Å². The Morgan fingerprint density at radius 3 is 2.69 bits per heavy atom. The fourth-order valence-corrected chi connectivity index (χ4v) is 4.26. The number of nitro groups is 1. The van der Waals surface area contributed by atoms with Crippen LogP contribution in [0.25, 0.3) is 11.3 Å². The molecule has 3 rings (SSSR count). The van der Waals surface area contributed by atoms with Gasteiger partial charge in [-0.2, -0.15) is 0 Å². The van der Waals surface area contributed by atoms with Gasteiger partial charge in [0.1, 0.15) is 28.7 Å². The fraction of sp³-hybridized carbons (Fsp3) is 0.353. The van der Waals surface area contributed by atoms with Gasteiger partial charge in [0.2, 0.25) is 0 Å². The smallest absolute Gasteiger partial charge is 0.322 e. The second-order valence-electron chi connectivity index (χ2n) is 6.38. The summed E-state index contributed by atoms with van der Waals surface area (Å²) in [6.07, 6.45) is 0. The Bertz CT molecular complexity index is 863. The van der Waals surface area contributed by atoms with E-state index in [1.54, 1.807) is 24.3 Å². The van der Waals surface area contributed by atoms with Crippen LogP contribution in [-0.4, -0.2) is 33.9 Å². The standard InChI is InChI=1S/C17H18N2O6S/c1-17(2)14(16(20)21)18-15(26-17)13-7-6-12(25-13)10-5-4-9(24-3)8-11(10)19(22)23/h4-8,14-15,18H,1-3H3,(H,20,21). The van der Waals surface area contributed by atoms with Gasteiger partial charge in [0.05, 0.1) is 23.7 Å². The lowest BCUT2D eigenvalue weighted by Crippen LogP contribution is -2.43. The Kier molecular flexibility index (Phi) is 4.68. The van der Waals surface area contributed by atoms with Gasteiger partial charge in [0.25, 0.3) is 5.69 Å². The van der Waals surface area contributed by atoms with E-state index in [1.165, 1.54) is 24.9 Å². The monoisotopic (exact) mass is 378 g/mol. The number of ether oxygens (including phenoxy) is 1. The van der Waals surface area contributed by atoms with Crippen LogP contribution in [0.5, 0.6) is 5.75 Å². The Morgan fingerprint density at radius 2 is 2.12 bits per heavy atom. The molecule has 0 amide bonds. The van der Waals surface area contributed by atoms with E-state index < -0.39 is 21.7 Å². The first kappa shape index (κ1) is 18.3. The summed E-state index contributed by atoms with van der Waals surface area (Å²) in [6, 6.07) is 7.15. The van der Waals surface area contributed by atoms with Gasteiger partial charge in [-0.1, -0.05) is 0 Å². The molecule has 0 aliphatic carbocycles. The molecule has 1 aromatic heterocycles. The molecule has 1 aliphatic heterocycles. The van der Waals surface area contributed by atoms with E-state index >= 15 is 0 Å². The van der Waals surface area contributed by atoms with Crippen molar-refractivity contribution in [3.8, 4) is 17.1 Å². The molecule has 2 aromatic rings. The highest BCUT2D eigenvalue weighted by Gasteiger charge is 2.46. The SMILES string of the molecule is COc1ccc(-c2ccc(C3NC(C(=O)O)C(C)(C)S3)o2)c([N+](=O)[O-])c1. The van der Waals surface area contributed by atoms with E-state index in [0.29, 0.717) is 22.8 Å². The van der Waals surface area contributed by atoms with Crippen molar-refractivity contribution in [3.05, 3.63) is 46.2 Å². The second-order valence-corrected chi connectivity index (χ2v) is 8.14. The second kappa shape index (κ2) is 6.65. The van der Waals surface area contributed by atoms with E-state index in [9.17, 15) is 20.0 Å². The average molecular weight is 378 g/mol. The van der Waals surface area contributed by atoms with Gasteiger partial charge >= 0.3 is 5.97 Å². The maximum Gasteiger partial charge on any atom is 0.322 e. The number of nitrogens with one attached hydrogen (secondary N) is 1. The number of methoxy groups -OCH3 is 1. The highest BCUT2D eigenvalue weighted by molar-refractivity contribution is 8.01. The number of carboxylic acid groups (broad SMARTS) is 1. The molecular weight excluding hydrogens is 360 g/mol. The van der Waals surface area contributed by atoms with Crippen LogP contribution in [0, 0.1) is 10.1 Å². The number of aliphatic carboxylic acids is 1. The molecule has 1 aliphatic rings. The quantitative estimate of drug-likeness (QED) is 0.601. The third-order valence-corrected chi connectivity index (χ3v) is 5.68. The molecule has 1 aromatic carbocycles. The minimum Gasteiger partial charge on any atom is -0.497 e. The Morgan fingerprint density at radius 1 is 1.38 bits per heavy atom. The summed E-state index contributed by atoms with van der Waals surface area (Å²) in [4.78, 5) is 22.3. The number of rotatable bonds is 5. The molecule has 0 radical (unpaired) electrons. The Labute approximate surface area is 153 Å². The molecule has 0 bridgehead atoms. The summed E-state index contributed by atoms with van der Waals surface area (Å²) in [7, 11) is 1.44. The van der Waals surface area contributed by atoms with Crippen LogP contribution in [0.15, 0.2) is 34.7 Å². The minimum absolute atomic E-state index is 0.124. The number of nitrogens with zero attached hydrogens (tertiary/aromatic N) is 1. The number of hydrogen-bond donors (Lipinski definition) is 2.